The Morgan fingerprint density at radius 2 is 2.07 bits per heavy atom. The van der Waals surface area contributed by atoms with Gasteiger partial charge in [-0.3, -0.25) is 4.79 Å². The van der Waals surface area contributed by atoms with Gasteiger partial charge in [0.15, 0.2) is 0 Å². The summed E-state index contributed by atoms with van der Waals surface area (Å²) in [5.41, 5.74) is 8.97. The zero-order valence-electron chi connectivity index (χ0n) is 14.7. The van der Waals surface area contributed by atoms with Crippen LogP contribution in [0, 0.1) is 5.92 Å². The smallest absolute Gasteiger partial charge is 0.407 e. The van der Waals surface area contributed by atoms with E-state index in [1.807, 2.05) is 0 Å². The van der Waals surface area contributed by atoms with Crippen LogP contribution in [0.15, 0.2) is 35.4 Å². The number of nitrogens with zero attached hydrogens (tertiary/aromatic N) is 4. The molecule has 3 atom stereocenters. The van der Waals surface area contributed by atoms with Crippen molar-refractivity contribution in [3.05, 3.63) is 46.3 Å². The Morgan fingerprint density at radius 3 is 2.67 bits per heavy atom. The lowest BCUT2D eigenvalue weighted by atomic mass is 9.94. The first kappa shape index (κ1) is 20.1. The third-order valence-corrected chi connectivity index (χ3v) is 4.21. The van der Waals surface area contributed by atoms with E-state index in [4.69, 9.17) is 15.0 Å². The molecule has 10 heteroatoms. The van der Waals surface area contributed by atoms with Crippen LogP contribution in [0.2, 0.25) is 0 Å². The highest BCUT2D eigenvalue weighted by atomic mass is 16.6. The minimum absolute atomic E-state index is 0.0474. The summed E-state index contributed by atoms with van der Waals surface area (Å²) in [5, 5.41) is 12.7. The largest absolute Gasteiger partial charge is 0.465 e. The fourth-order valence-corrected chi connectivity index (χ4v) is 2.88. The van der Waals surface area contributed by atoms with Crippen molar-refractivity contribution in [1.82, 2.24) is 4.90 Å². The topological polar surface area (TPSA) is 142 Å². The van der Waals surface area contributed by atoms with Crippen molar-refractivity contribution in [3.63, 3.8) is 0 Å². The fourth-order valence-electron chi connectivity index (χ4n) is 2.88. The Balaban J connectivity index is 2.19. The van der Waals surface area contributed by atoms with Gasteiger partial charge in [0.05, 0.1) is 6.54 Å². The van der Waals surface area contributed by atoms with E-state index in [9.17, 15) is 19.5 Å². The van der Waals surface area contributed by atoms with E-state index in [0.29, 0.717) is 12.0 Å². The number of carbonyl (C=O) groups excluding carboxylic acids is 2. The summed E-state index contributed by atoms with van der Waals surface area (Å²) in [4.78, 5) is 39.2. The van der Waals surface area contributed by atoms with Gasteiger partial charge in [-0.15, -0.1) is 0 Å². The first-order chi connectivity index (χ1) is 12.9. The van der Waals surface area contributed by atoms with Gasteiger partial charge in [0.2, 0.25) is 6.10 Å². The molecule has 144 valence electrons. The van der Waals surface area contributed by atoms with Crippen molar-refractivity contribution in [2.75, 3.05) is 19.6 Å². The second kappa shape index (κ2) is 9.44. The molecule has 27 heavy (non-hydrogen) atoms. The fraction of sp³-hybridized carbons (Fsp3) is 0.471. The minimum Gasteiger partial charge on any atom is -0.465 e. The maximum Gasteiger partial charge on any atom is 0.407 e. The number of hydrogen-bond donors (Lipinski definition) is 1. The second-order valence-electron chi connectivity index (χ2n) is 6.07. The Kier molecular flexibility index (Phi) is 7.01. The van der Waals surface area contributed by atoms with Crippen molar-refractivity contribution in [2.24, 2.45) is 11.0 Å². The Hall–Kier alpha value is -3.26. The molecule has 1 aromatic rings. The molecule has 2 unspecified atom stereocenters. The lowest BCUT2D eigenvalue weighted by Gasteiger charge is -2.36. The van der Waals surface area contributed by atoms with Crippen molar-refractivity contribution in [3.8, 4) is 0 Å². The predicted octanol–water partition coefficient (Wildman–Crippen LogP) is 2.51. The number of hydrogen-bond acceptors (Lipinski definition) is 6. The molecule has 2 rings (SSSR count). The summed E-state index contributed by atoms with van der Waals surface area (Å²) in [7, 11) is 0. The average Bonchev–Trinajstić information content (AvgIpc) is 2.65. The molecule has 1 heterocycles. The van der Waals surface area contributed by atoms with Gasteiger partial charge in [-0.2, -0.15) is 0 Å². The van der Waals surface area contributed by atoms with E-state index in [2.05, 4.69) is 10.0 Å². The summed E-state index contributed by atoms with van der Waals surface area (Å²) in [6, 6.07) is 8.38. The summed E-state index contributed by atoms with van der Waals surface area (Å²) in [5.74, 6) is -1.78. The molecule has 1 aromatic carbocycles. The van der Waals surface area contributed by atoms with Crippen LogP contribution in [0.1, 0.15) is 25.0 Å². The molecule has 0 bridgehead atoms. The number of likely N-dealkylation sites (tertiary alicyclic amines) is 1. The number of piperidine rings is 1. The van der Waals surface area contributed by atoms with Gasteiger partial charge < -0.3 is 19.5 Å². The molecule has 0 aliphatic carbocycles. The number of amides is 1. The Bertz CT molecular complexity index is 734. The molecule has 10 nitrogen and oxygen atoms in total. The van der Waals surface area contributed by atoms with Crippen LogP contribution in [0.5, 0.6) is 0 Å². The maximum atomic E-state index is 12.7. The normalized spacial score (nSPS) is 20.1. The first-order valence-corrected chi connectivity index (χ1v) is 8.33. The maximum absolute atomic E-state index is 12.7. The van der Waals surface area contributed by atoms with Crippen LogP contribution >= 0.6 is 0 Å². The number of azide groups is 1. The third-order valence-electron chi connectivity index (χ3n) is 4.21. The van der Waals surface area contributed by atoms with E-state index in [0.717, 1.165) is 4.90 Å². The summed E-state index contributed by atoms with van der Waals surface area (Å²) in [6.07, 6.45) is -2.82. The number of benzene rings is 1. The lowest BCUT2D eigenvalue weighted by Crippen LogP contribution is -2.49. The van der Waals surface area contributed by atoms with E-state index >= 15 is 0 Å². The van der Waals surface area contributed by atoms with Gasteiger partial charge in [0.1, 0.15) is 6.10 Å². The number of rotatable bonds is 6. The van der Waals surface area contributed by atoms with Gasteiger partial charge >= 0.3 is 18.0 Å². The molecular formula is C17H20N4O6. The van der Waals surface area contributed by atoms with Crippen molar-refractivity contribution in [2.45, 2.75) is 25.6 Å². The molecule has 0 aromatic heterocycles. The van der Waals surface area contributed by atoms with Gasteiger partial charge in [0, 0.05) is 36.4 Å². The van der Waals surface area contributed by atoms with Gasteiger partial charge in [-0.05, 0) is 12.0 Å². The van der Waals surface area contributed by atoms with E-state index < -0.39 is 30.2 Å². The molecule has 0 spiro atoms. The Labute approximate surface area is 155 Å². The molecule has 1 amide bonds. The second-order valence-corrected chi connectivity index (χ2v) is 6.07. The van der Waals surface area contributed by atoms with Crippen LogP contribution in [-0.2, 0) is 19.1 Å². The molecule has 1 aliphatic heterocycles. The van der Waals surface area contributed by atoms with Crippen LogP contribution < -0.4 is 0 Å². The third kappa shape index (κ3) is 5.61. The molecule has 1 N–H and O–H groups in total. The molecule has 0 saturated carbocycles. The van der Waals surface area contributed by atoms with Crippen LogP contribution in [0.4, 0.5) is 4.79 Å². The molecular weight excluding hydrogens is 356 g/mol. The van der Waals surface area contributed by atoms with Gasteiger partial charge in [0.25, 0.3) is 0 Å². The quantitative estimate of drug-likeness (QED) is 0.350. The Morgan fingerprint density at radius 1 is 1.37 bits per heavy atom. The summed E-state index contributed by atoms with van der Waals surface area (Å²) >= 11 is 0. The van der Waals surface area contributed by atoms with Crippen LogP contribution in [-0.4, -0.2) is 53.8 Å². The van der Waals surface area contributed by atoms with Crippen molar-refractivity contribution >= 4 is 18.0 Å². The molecule has 1 fully saturated rings. The van der Waals surface area contributed by atoms with Gasteiger partial charge in [-0.25, -0.2) is 9.59 Å². The zero-order valence-corrected chi connectivity index (χ0v) is 14.7. The highest BCUT2D eigenvalue weighted by Crippen LogP contribution is 2.25. The lowest BCUT2D eigenvalue weighted by molar-refractivity contribution is -0.174. The molecule has 1 saturated heterocycles. The average molecular weight is 376 g/mol. The molecule has 0 radical (unpaired) electrons. The zero-order chi connectivity index (χ0) is 19.8. The highest BCUT2D eigenvalue weighted by molar-refractivity contribution is 5.80. The van der Waals surface area contributed by atoms with Crippen molar-refractivity contribution in [1.29, 1.82) is 0 Å². The highest BCUT2D eigenvalue weighted by Gasteiger charge is 2.36. The van der Waals surface area contributed by atoms with Crippen molar-refractivity contribution < 1.29 is 29.0 Å². The number of carboxylic acid groups (broad SMARTS) is 1. The predicted molar refractivity (Wildman–Crippen MR) is 92.5 cm³/mol. The van der Waals surface area contributed by atoms with Crippen LogP contribution in [0.3, 0.4) is 0 Å². The van der Waals surface area contributed by atoms with E-state index in [1.54, 1.807) is 30.3 Å². The number of esters is 2. The molecule has 1 aliphatic rings. The van der Waals surface area contributed by atoms with Gasteiger partial charge in [-0.1, -0.05) is 35.4 Å². The number of carbonyl (C=O) groups is 3. The SMILES string of the molecule is CC(=O)O[C@@H](C(=O)OC1CN(C(=O)O)CCC1CN=[N+]=[N-])c1ccccc1. The summed E-state index contributed by atoms with van der Waals surface area (Å²) in [6.45, 7) is 1.46. The number of ether oxygens (including phenoxy) is 2. The monoisotopic (exact) mass is 376 g/mol. The van der Waals surface area contributed by atoms with Crippen LogP contribution in [0.25, 0.3) is 10.4 Å². The first-order valence-electron chi connectivity index (χ1n) is 8.33. The standard InChI is InChI=1S/C17H20N4O6/c1-11(22)26-15(12-5-3-2-4-6-12)16(23)27-14-10-21(17(24)25)8-7-13(14)9-19-20-18/h2-6,13-15H,7-10H2,1H3,(H,24,25)/t13?,14?,15-/m1/s1. The van der Waals surface area contributed by atoms with E-state index in [-0.39, 0.29) is 25.6 Å². The minimum atomic E-state index is -1.26. The summed E-state index contributed by atoms with van der Waals surface area (Å²) < 4.78 is 10.6. The van der Waals surface area contributed by atoms with E-state index in [1.165, 1.54) is 6.92 Å².